The van der Waals surface area contributed by atoms with Gasteiger partial charge in [-0.15, -0.1) is 0 Å². The molecule has 0 aliphatic rings. The summed E-state index contributed by atoms with van der Waals surface area (Å²) in [4.78, 5) is 25.1. The van der Waals surface area contributed by atoms with Gasteiger partial charge in [0.15, 0.2) is 0 Å². The zero-order chi connectivity index (χ0) is 15.2. The summed E-state index contributed by atoms with van der Waals surface area (Å²) in [6.07, 6.45) is 5.82. The second-order valence-electron chi connectivity index (χ2n) is 5.56. The van der Waals surface area contributed by atoms with E-state index in [4.69, 9.17) is 4.74 Å². The molecule has 0 bridgehead atoms. The van der Waals surface area contributed by atoms with Crippen LogP contribution in [0.4, 0.5) is 4.79 Å². The van der Waals surface area contributed by atoms with Gasteiger partial charge in [-0.1, -0.05) is 12.2 Å². The van der Waals surface area contributed by atoms with E-state index in [2.05, 4.69) is 10.3 Å². The lowest BCUT2D eigenvalue weighted by Crippen LogP contribution is -2.32. The Labute approximate surface area is 119 Å². The lowest BCUT2D eigenvalue weighted by atomic mass is 10.1. The molecule has 110 valence electrons. The number of aryl methyl sites for hydroxylation is 1. The summed E-state index contributed by atoms with van der Waals surface area (Å²) < 4.78 is 5.12. The number of carbonyl (C=O) groups is 1. The van der Waals surface area contributed by atoms with Gasteiger partial charge in [0.2, 0.25) is 5.56 Å². The third kappa shape index (κ3) is 6.22. The zero-order valence-electron chi connectivity index (χ0n) is 12.4. The highest BCUT2D eigenvalue weighted by Crippen LogP contribution is 2.07. The highest BCUT2D eigenvalue weighted by molar-refractivity contribution is 5.67. The molecule has 1 aromatic heterocycles. The summed E-state index contributed by atoms with van der Waals surface area (Å²) in [7, 11) is 0. The number of pyridine rings is 1. The average molecular weight is 278 g/mol. The van der Waals surface area contributed by atoms with Crippen LogP contribution >= 0.6 is 0 Å². The van der Waals surface area contributed by atoms with Crippen molar-refractivity contribution in [3.63, 3.8) is 0 Å². The molecule has 1 heterocycles. The van der Waals surface area contributed by atoms with Gasteiger partial charge >= 0.3 is 6.09 Å². The number of hydrogen-bond acceptors (Lipinski definition) is 3. The second-order valence-corrected chi connectivity index (χ2v) is 5.56. The van der Waals surface area contributed by atoms with Gasteiger partial charge in [0.1, 0.15) is 5.60 Å². The Morgan fingerprint density at radius 3 is 2.75 bits per heavy atom. The Morgan fingerprint density at radius 1 is 1.45 bits per heavy atom. The third-order valence-corrected chi connectivity index (χ3v) is 2.45. The van der Waals surface area contributed by atoms with E-state index in [0.717, 1.165) is 11.1 Å². The number of amides is 1. The topological polar surface area (TPSA) is 71.2 Å². The number of nitrogens with one attached hydrogen (secondary N) is 2. The number of alkyl carbamates (subject to hydrolysis) is 1. The molecule has 0 fully saturated rings. The van der Waals surface area contributed by atoms with Crippen LogP contribution in [0.3, 0.4) is 0 Å². The molecule has 2 N–H and O–H groups in total. The predicted octanol–water partition coefficient (Wildman–Crippen LogP) is 2.61. The van der Waals surface area contributed by atoms with Crippen LogP contribution < -0.4 is 10.9 Å². The van der Waals surface area contributed by atoms with E-state index in [0.29, 0.717) is 13.0 Å². The number of rotatable bonds is 4. The van der Waals surface area contributed by atoms with Crippen LogP contribution in [0.5, 0.6) is 0 Å². The SMILES string of the molecule is Cc1cc(=O)[nH]cc1C=CCCNC(=O)OC(C)(C)C. The van der Waals surface area contributed by atoms with Crippen molar-refractivity contribution in [1.29, 1.82) is 0 Å². The van der Waals surface area contributed by atoms with Crippen molar-refractivity contribution in [1.82, 2.24) is 10.3 Å². The average Bonchev–Trinajstić information content (AvgIpc) is 2.28. The normalized spacial score (nSPS) is 11.6. The molecule has 1 aromatic rings. The summed E-state index contributed by atoms with van der Waals surface area (Å²) in [5.41, 5.74) is 1.30. The molecular weight excluding hydrogens is 256 g/mol. The fourth-order valence-corrected chi connectivity index (χ4v) is 1.55. The monoisotopic (exact) mass is 278 g/mol. The van der Waals surface area contributed by atoms with Crippen molar-refractivity contribution < 1.29 is 9.53 Å². The van der Waals surface area contributed by atoms with Crippen molar-refractivity contribution >= 4 is 12.2 Å². The van der Waals surface area contributed by atoms with E-state index in [-0.39, 0.29) is 5.56 Å². The predicted molar refractivity (Wildman–Crippen MR) is 79.7 cm³/mol. The molecule has 5 heteroatoms. The molecular formula is C15H22N2O3. The summed E-state index contributed by atoms with van der Waals surface area (Å²) in [5.74, 6) is 0. The van der Waals surface area contributed by atoms with Gasteiger partial charge in [-0.25, -0.2) is 4.79 Å². The first-order valence-electron chi connectivity index (χ1n) is 6.61. The maximum Gasteiger partial charge on any atom is 0.407 e. The minimum atomic E-state index is -0.479. The van der Waals surface area contributed by atoms with Gasteiger partial charge in [-0.2, -0.15) is 0 Å². The van der Waals surface area contributed by atoms with E-state index in [1.54, 1.807) is 12.3 Å². The van der Waals surface area contributed by atoms with Crippen LogP contribution in [-0.4, -0.2) is 23.2 Å². The summed E-state index contributed by atoms with van der Waals surface area (Å²) in [6, 6.07) is 1.55. The largest absolute Gasteiger partial charge is 0.444 e. The molecule has 0 atom stereocenters. The molecule has 5 nitrogen and oxygen atoms in total. The first-order chi connectivity index (χ1) is 9.28. The van der Waals surface area contributed by atoms with Gasteiger partial charge in [0, 0.05) is 18.8 Å². The molecule has 0 aliphatic carbocycles. The van der Waals surface area contributed by atoms with E-state index < -0.39 is 11.7 Å². The van der Waals surface area contributed by atoms with E-state index in [1.807, 2.05) is 39.8 Å². The van der Waals surface area contributed by atoms with E-state index >= 15 is 0 Å². The maximum absolute atomic E-state index is 11.4. The van der Waals surface area contributed by atoms with Crippen LogP contribution in [0, 0.1) is 6.92 Å². The van der Waals surface area contributed by atoms with Crippen molar-refractivity contribution in [3.8, 4) is 0 Å². The number of hydrogen-bond donors (Lipinski definition) is 2. The first kappa shape index (κ1) is 16.0. The fraction of sp³-hybridized carbons (Fsp3) is 0.467. The minimum Gasteiger partial charge on any atom is -0.444 e. The Kier molecular flexibility index (Phi) is 5.55. The molecule has 0 saturated heterocycles. The summed E-state index contributed by atoms with van der Waals surface area (Å²) in [6.45, 7) is 7.87. The molecule has 1 amide bonds. The molecule has 0 aromatic carbocycles. The third-order valence-electron chi connectivity index (χ3n) is 2.45. The maximum atomic E-state index is 11.4. The van der Waals surface area contributed by atoms with Gasteiger partial charge in [-0.3, -0.25) is 4.79 Å². The van der Waals surface area contributed by atoms with Crippen LogP contribution in [0.2, 0.25) is 0 Å². The highest BCUT2D eigenvalue weighted by atomic mass is 16.6. The van der Waals surface area contributed by atoms with Crippen molar-refractivity contribution in [2.45, 2.75) is 39.7 Å². The number of aromatic nitrogens is 1. The number of ether oxygens (including phenoxy) is 1. The van der Waals surface area contributed by atoms with Crippen LogP contribution in [0.25, 0.3) is 6.08 Å². The second kappa shape index (κ2) is 6.93. The number of aromatic amines is 1. The summed E-state index contributed by atoms with van der Waals surface area (Å²) >= 11 is 0. The minimum absolute atomic E-state index is 0.105. The van der Waals surface area contributed by atoms with Gasteiger partial charge in [-0.05, 0) is 45.2 Å². The highest BCUT2D eigenvalue weighted by Gasteiger charge is 2.15. The molecule has 1 rings (SSSR count). The number of H-pyrrole nitrogens is 1. The Bertz CT molecular complexity index is 539. The van der Waals surface area contributed by atoms with Gasteiger partial charge < -0.3 is 15.0 Å². The van der Waals surface area contributed by atoms with Crippen molar-refractivity contribution in [2.75, 3.05) is 6.54 Å². The Morgan fingerprint density at radius 2 is 2.15 bits per heavy atom. The van der Waals surface area contributed by atoms with Gasteiger partial charge in [0.05, 0.1) is 0 Å². The smallest absolute Gasteiger partial charge is 0.407 e. The molecule has 0 aliphatic heterocycles. The fourth-order valence-electron chi connectivity index (χ4n) is 1.55. The van der Waals surface area contributed by atoms with Gasteiger partial charge in [0.25, 0.3) is 0 Å². The Hall–Kier alpha value is -2.04. The van der Waals surface area contributed by atoms with E-state index in [9.17, 15) is 9.59 Å². The summed E-state index contributed by atoms with van der Waals surface area (Å²) in [5, 5.41) is 2.68. The van der Waals surface area contributed by atoms with Crippen molar-refractivity contribution in [2.24, 2.45) is 0 Å². The Balaban J connectivity index is 2.36. The lowest BCUT2D eigenvalue weighted by Gasteiger charge is -2.19. The molecule has 0 unspecified atom stereocenters. The quantitative estimate of drug-likeness (QED) is 0.832. The standard InChI is InChI=1S/C15H22N2O3/c1-11-9-13(18)17-10-12(11)7-5-6-8-16-14(19)20-15(2,3)4/h5,7,9-10H,6,8H2,1-4H3,(H,16,19)(H,17,18). The molecule has 0 spiro atoms. The molecule has 0 radical (unpaired) electrons. The lowest BCUT2D eigenvalue weighted by molar-refractivity contribution is 0.0529. The number of carbonyl (C=O) groups excluding carboxylic acids is 1. The molecule has 20 heavy (non-hydrogen) atoms. The van der Waals surface area contributed by atoms with Crippen LogP contribution in [0.15, 0.2) is 23.1 Å². The van der Waals surface area contributed by atoms with Crippen LogP contribution in [0.1, 0.15) is 38.3 Å². The first-order valence-corrected chi connectivity index (χ1v) is 6.61. The van der Waals surface area contributed by atoms with Crippen LogP contribution in [-0.2, 0) is 4.74 Å². The van der Waals surface area contributed by atoms with Crippen molar-refractivity contribution in [3.05, 3.63) is 39.8 Å². The zero-order valence-corrected chi connectivity index (χ0v) is 12.4. The molecule has 0 saturated carbocycles. The van der Waals surface area contributed by atoms with E-state index in [1.165, 1.54) is 0 Å².